The number of Topliss-reactive ketones (excluding diaryl/α,β-unsaturated/α-hetero) is 1. The molecule has 3 aromatic carbocycles. The van der Waals surface area contributed by atoms with Gasteiger partial charge in [0.1, 0.15) is 0 Å². The minimum absolute atomic E-state index is 0.0694. The van der Waals surface area contributed by atoms with Crippen molar-refractivity contribution in [3.8, 4) is 0 Å². The number of benzene rings is 3. The average molecular weight is 590 g/mol. The van der Waals surface area contributed by atoms with Crippen LogP contribution in [0.4, 0.5) is 26.3 Å². The third kappa shape index (κ3) is 6.16. The quantitative estimate of drug-likeness (QED) is 0.221. The molecule has 1 N–H and O–H groups in total. The molecule has 1 aromatic heterocycles. The maximum atomic E-state index is 13.9. The topological polar surface area (TPSA) is 58.1 Å². The number of ketones is 1. The second kappa shape index (κ2) is 11.4. The fourth-order valence-corrected chi connectivity index (χ4v) is 5.80. The lowest BCUT2D eigenvalue weighted by molar-refractivity contribution is -0.143. The Morgan fingerprint density at radius 2 is 1.55 bits per heavy atom. The summed E-state index contributed by atoms with van der Waals surface area (Å²) in [5.74, 6) is -0.843. The standard InChI is InChI=1S/C31H29F6N3O2/c1-19(11-12-20-15-22(30(32,33)34)17-23(16-20)31(35,36)37)28(41)27(21-7-3-2-4-8-21)39-14-13-24(18-39)40-26-10-6-5-9-25(26)38-29(40)42/h2-10,15-17,19,24,27H,11-14,18H2,1H3,(H,38,42). The van der Waals surface area contributed by atoms with E-state index in [0.717, 1.165) is 11.1 Å². The van der Waals surface area contributed by atoms with Crippen LogP contribution in [-0.2, 0) is 23.6 Å². The molecule has 1 fully saturated rings. The van der Waals surface area contributed by atoms with Gasteiger partial charge in [-0.15, -0.1) is 0 Å². The summed E-state index contributed by atoms with van der Waals surface area (Å²) in [6, 6.07) is 17.1. The van der Waals surface area contributed by atoms with Gasteiger partial charge in [-0.2, -0.15) is 26.3 Å². The first-order valence-corrected chi connectivity index (χ1v) is 13.6. The molecule has 5 rings (SSSR count). The summed E-state index contributed by atoms with van der Waals surface area (Å²) in [5.41, 5.74) is -0.891. The lowest BCUT2D eigenvalue weighted by atomic mass is 9.88. The summed E-state index contributed by atoms with van der Waals surface area (Å²) in [5, 5.41) is 0. The number of nitrogens with one attached hydrogen (secondary N) is 1. The molecule has 0 radical (unpaired) electrons. The molecule has 1 aliphatic heterocycles. The zero-order chi connectivity index (χ0) is 30.2. The fraction of sp³-hybridized carbons (Fsp3) is 0.355. The van der Waals surface area contributed by atoms with E-state index in [-0.39, 0.29) is 42.0 Å². The minimum atomic E-state index is -4.94. The predicted molar refractivity (Wildman–Crippen MR) is 146 cm³/mol. The predicted octanol–water partition coefficient (Wildman–Crippen LogP) is 7.19. The molecule has 3 atom stereocenters. The first kappa shape index (κ1) is 29.6. The van der Waals surface area contributed by atoms with Crippen LogP contribution in [0.15, 0.2) is 77.6 Å². The van der Waals surface area contributed by atoms with Crippen molar-refractivity contribution < 1.29 is 31.1 Å². The van der Waals surface area contributed by atoms with E-state index in [2.05, 4.69) is 4.98 Å². The maximum Gasteiger partial charge on any atom is 0.416 e. The summed E-state index contributed by atoms with van der Waals surface area (Å²) >= 11 is 0. The lowest BCUT2D eigenvalue weighted by Crippen LogP contribution is -2.36. The molecule has 1 aliphatic rings. The number of fused-ring (bicyclic) bond motifs is 1. The van der Waals surface area contributed by atoms with Crippen molar-refractivity contribution in [2.75, 3.05) is 13.1 Å². The number of carbonyl (C=O) groups is 1. The third-order valence-electron chi connectivity index (χ3n) is 7.93. The van der Waals surface area contributed by atoms with Gasteiger partial charge in [0.25, 0.3) is 0 Å². The molecule has 0 aliphatic carbocycles. The highest BCUT2D eigenvalue weighted by molar-refractivity contribution is 5.87. The molecule has 0 saturated carbocycles. The molecule has 3 unspecified atom stereocenters. The highest BCUT2D eigenvalue weighted by Crippen LogP contribution is 2.38. The van der Waals surface area contributed by atoms with Crippen LogP contribution in [0.1, 0.15) is 54.1 Å². The molecule has 4 aromatic rings. The number of hydrogen-bond donors (Lipinski definition) is 1. The highest BCUT2D eigenvalue weighted by atomic mass is 19.4. The molecule has 42 heavy (non-hydrogen) atoms. The number of aromatic nitrogens is 2. The first-order chi connectivity index (χ1) is 19.8. The molecular formula is C31H29F6N3O2. The monoisotopic (exact) mass is 589 g/mol. The van der Waals surface area contributed by atoms with Crippen molar-refractivity contribution in [2.24, 2.45) is 5.92 Å². The van der Waals surface area contributed by atoms with Gasteiger partial charge in [-0.1, -0.05) is 49.4 Å². The molecule has 5 nitrogen and oxygen atoms in total. The van der Waals surface area contributed by atoms with Crippen molar-refractivity contribution in [2.45, 2.75) is 50.6 Å². The lowest BCUT2D eigenvalue weighted by Gasteiger charge is -2.29. The second-order valence-electron chi connectivity index (χ2n) is 10.8. The number of halogens is 6. The third-order valence-corrected chi connectivity index (χ3v) is 7.93. The van der Waals surface area contributed by atoms with Gasteiger partial charge >= 0.3 is 18.0 Å². The largest absolute Gasteiger partial charge is 0.416 e. The number of aromatic amines is 1. The van der Waals surface area contributed by atoms with Gasteiger partial charge < -0.3 is 4.98 Å². The summed E-state index contributed by atoms with van der Waals surface area (Å²) in [6.07, 6.45) is -9.31. The van der Waals surface area contributed by atoms with E-state index in [4.69, 9.17) is 0 Å². The molecule has 0 spiro atoms. The number of carbonyl (C=O) groups excluding carboxylic acids is 1. The van der Waals surface area contributed by atoms with Gasteiger partial charge in [-0.25, -0.2) is 4.79 Å². The smallest absolute Gasteiger partial charge is 0.306 e. The zero-order valence-corrected chi connectivity index (χ0v) is 22.7. The minimum Gasteiger partial charge on any atom is -0.306 e. The van der Waals surface area contributed by atoms with Crippen LogP contribution in [0.25, 0.3) is 11.0 Å². The Bertz CT molecular complexity index is 1590. The van der Waals surface area contributed by atoms with E-state index < -0.39 is 35.4 Å². The fourth-order valence-electron chi connectivity index (χ4n) is 5.80. The normalized spacial score (nSPS) is 17.9. The van der Waals surface area contributed by atoms with E-state index in [1.165, 1.54) is 0 Å². The van der Waals surface area contributed by atoms with E-state index >= 15 is 0 Å². The van der Waals surface area contributed by atoms with Crippen LogP contribution in [0.5, 0.6) is 0 Å². The Labute approximate surface area is 237 Å². The molecule has 1 saturated heterocycles. The van der Waals surface area contributed by atoms with Crippen molar-refractivity contribution in [3.05, 3.63) is 106 Å². The van der Waals surface area contributed by atoms with Crippen LogP contribution in [0, 0.1) is 5.92 Å². The van der Waals surface area contributed by atoms with Crippen LogP contribution in [-0.4, -0.2) is 33.3 Å². The second-order valence-corrected chi connectivity index (χ2v) is 10.8. The summed E-state index contributed by atoms with van der Waals surface area (Å²) in [6.45, 7) is 2.59. The van der Waals surface area contributed by atoms with Gasteiger partial charge in [-0.3, -0.25) is 14.3 Å². The van der Waals surface area contributed by atoms with E-state index in [9.17, 15) is 35.9 Å². The Morgan fingerprint density at radius 1 is 0.929 bits per heavy atom. The Kier molecular flexibility index (Phi) is 8.06. The van der Waals surface area contributed by atoms with E-state index in [1.807, 2.05) is 47.4 Å². The molecule has 222 valence electrons. The van der Waals surface area contributed by atoms with Crippen molar-refractivity contribution in [3.63, 3.8) is 0 Å². The van der Waals surface area contributed by atoms with Crippen molar-refractivity contribution in [1.29, 1.82) is 0 Å². The summed E-state index contributed by atoms with van der Waals surface area (Å²) < 4.78 is 81.6. The number of para-hydroxylation sites is 2. The number of nitrogens with zero attached hydrogens (tertiary/aromatic N) is 2. The molecule has 11 heteroatoms. The number of aryl methyl sites for hydroxylation is 1. The SMILES string of the molecule is CC(CCc1cc(C(F)(F)F)cc(C(F)(F)F)c1)C(=O)C(c1ccccc1)N1CCC(n2c(=O)[nH]c3ccccc32)C1. The average Bonchev–Trinajstić information content (AvgIpc) is 3.54. The van der Waals surface area contributed by atoms with Crippen molar-refractivity contribution in [1.82, 2.24) is 14.5 Å². The molecule has 2 heterocycles. The number of rotatable bonds is 8. The van der Waals surface area contributed by atoms with Gasteiger partial charge in [0, 0.05) is 19.0 Å². The maximum absolute atomic E-state index is 13.9. The Hall–Kier alpha value is -3.86. The van der Waals surface area contributed by atoms with E-state index in [0.29, 0.717) is 37.2 Å². The van der Waals surface area contributed by atoms with Crippen LogP contribution >= 0.6 is 0 Å². The van der Waals surface area contributed by atoms with E-state index in [1.54, 1.807) is 23.6 Å². The highest BCUT2D eigenvalue weighted by Gasteiger charge is 2.38. The van der Waals surface area contributed by atoms with Gasteiger partial charge in [-0.05, 0) is 60.7 Å². The number of imidazole rings is 1. The van der Waals surface area contributed by atoms with Crippen LogP contribution in [0.3, 0.4) is 0 Å². The number of hydrogen-bond acceptors (Lipinski definition) is 3. The number of likely N-dealkylation sites (tertiary alicyclic amines) is 1. The Morgan fingerprint density at radius 3 is 2.19 bits per heavy atom. The number of alkyl halides is 6. The van der Waals surface area contributed by atoms with Crippen LogP contribution < -0.4 is 5.69 Å². The summed E-state index contributed by atoms with van der Waals surface area (Å²) in [4.78, 5) is 31.5. The summed E-state index contributed by atoms with van der Waals surface area (Å²) in [7, 11) is 0. The zero-order valence-electron chi connectivity index (χ0n) is 22.7. The van der Waals surface area contributed by atoms with Crippen molar-refractivity contribution >= 4 is 16.8 Å². The first-order valence-electron chi connectivity index (χ1n) is 13.6. The van der Waals surface area contributed by atoms with Crippen LogP contribution in [0.2, 0.25) is 0 Å². The molecule has 0 amide bonds. The van der Waals surface area contributed by atoms with Gasteiger partial charge in [0.15, 0.2) is 5.78 Å². The van der Waals surface area contributed by atoms with Gasteiger partial charge in [0.2, 0.25) is 0 Å². The molecular weight excluding hydrogens is 560 g/mol. The Balaban J connectivity index is 1.37. The van der Waals surface area contributed by atoms with Gasteiger partial charge in [0.05, 0.1) is 34.2 Å². The number of H-pyrrole nitrogens is 1. The molecule has 0 bridgehead atoms.